The summed E-state index contributed by atoms with van der Waals surface area (Å²) in [6.07, 6.45) is -0.430. The van der Waals surface area contributed by atoms with Crippen molar-refractivity contribution in [2.45, 2.75) is 61.8 Å². The van der Waals surface area contributed by atoms with Crippen LogP contribution in [0.15, 0.2) is 47.4 Å². The van der Waals surface area contributed by atoms with Crippen molar-refractivity contribution in [3.05, 3.63) is 48.2 Å². The number of anilines is 2. The van der Waals surface area contributed by atoms with Crippen molar-refractivity contribution in [3.8, 4) is 17.6 Å². The zero-order valence-corrected chi connectivity index (χ0v) is 27.5. The van der Waals surface area contributed by atoms with Crippen molar-refractivity contribution in [2.75, 3.05) is 64.7 Å². The molecular weight excluding hydrogens is 619 g/mol. The summed E-state index contributed by atoms with van der Waals surface area (Å²) >= 11 is 0. The highest BCUT2D eigenvalue weighted by molar-refractivity contribution is 7.89. The highest BCUT2D eigenvalue weighted by Crippen LogP contribution is 2.36. The van der Waals surface area contributed by atoms with Gasteiger partial charge < -0.3 is 29.6 Å². The van der Waals surface area contributed by atoms with Gasteiger partial charge in [-0.15, -0.1) is 0 Å². The third-order valence-electron chi connectivity index (χ3n) is 9.15. The molecule has 0 spiro atoms. The van der Waals surface area contributed by atoms with Crippen LogP contribution in [0.2, 0.25) is 0 Å². The van der Waals surface area contributed by atoms with E-state index in [1.807, 2.05) is 6.07 Å². The molecule has 2 aliphatic rings. The van der Waals surface area contributed by atoms with Crippen molar-refractivity contribution in [2.24, 2.45) is 0 Å². The number of ether oxygens (including phenoxy) is 2. The maximum atomic E-state index is 13.7. The van der Waals surface area contributed by atoms with Crippen LogP contribution in [0, 0.1) is 11.8 Å². The van der Waals surface area contributed by atoms with E-state index in [-0.39, 0.29) is 41.8 Å². The van der Waals surface area contributed by atoms with Gasteiger partial charge in [0, 0.05) is 41.8 Å². The van der Waals surface area contributed by atoms with Crippen LogP contribution >= 0.6 is 0 Å². The smallest absolute Gasteiger partial charge is 0.406 e. The molecule has 0 radical (unpaired) electrons. The molecule has 1 saturated carbocycles. The fraction of sp³-hybridized carbons (Fsp3) is 0.515. The number of nitrogens with one attached hydrogen (secondary N) is 2. The van der Waals surface area contributed by atoms with Crippen LogP contribution in [0.25, 0.3) is 10.9 Å². The van der Waals surface area contributed by atoms with Crippen molar-refractivity contribution >= 4 is 32.3 Å². The van der Waals surface area contributed by atoms with Gasteiger partial charge in [0.15, 0.2) is 0 Å². The molecular formula is C33H42F3N5O4S. The van der Waals surface area contributed by atoms with Crippen molar-refractivity contribution < 1.29 is 31.1 Å². The van der Waals surface area contributed by atoms with Crippen LogP contribution in [-0.4, -0.2) is 94.0 Å². The highest BCUT2D eigenvalue weighted by Gasteiger charge is 2.34. The number of rotatable bonds is 9. The summed E-state index contributed by atoms with van der Waals surface area (Å²) in [5, 5.41) is 7.40. The number of benzene rings is 2. The van der Waals surface area contributed by atoms with Crippen LogP contribution in [0.5, 0.6) is 5.75 Å². The second-order valence-corrected chi connectivity index (χ2v) is 14.3. The number of halogens is 3. The molecule has 2 fully saturated rings. The lowest BCUT2D eigenvalue weighted by Gasteiger charge is -2.42. The van der Waals surface area contributed by atoms with E-state index in [9.17, 15) is 21.6 Å². The molecule has 1 aromatic heterocycles. The first-order valence-corrected chi connectivity index (χ1v) is 16.9. The predicted octanol–water partition coefficient (Wildman–Crippen LogP) is 5.37. The van der Waals surface area contributed by atoms with Crippen molar-refractivity contribution in [1.29, 1.82) is 0 Å². The zero-order chi connectivity index (χ0) is 33.1. The van der Waals surface area contributed by atoms with E-state index in [1.54, 1.807) is 24.3 Å². The third-order valence-corrected chi connectivity index (χ3v) is 11.0. The van der Waals surface area contributed by atoms with Crippen LogP contribution < -0.4 is 15.4 Å². The molecule has 2 N–H and O–H groups in total. The third kappa shape index (κ3) is 7.57. The van der Waals surface area contributed by atoms with Crippen LogP contribution in [0.4, 0.5) is 24.5 Å². The molecule has 1 aliphatic carbocycles. The number of morpholine rings is 1. The minimum Gasteiger partial charge on any atom is -0.495 e. The van der Waals surface area contributed by atoms with E-state index < -0.39 is 22.7 Å². The number of alkyl halides is 3. The van der Waals surface area contributed by atoms with Gasteiger partial charge >= 0.3 is 6.18 Å². The Labute approximate surface area is 269 Å². The van der Waals surface area contributed by atoms with E-state index >= 15 is 0 Å². The number of nitrogens with zero attached hydrogens (tertiary/aromatic N) is 3. The summed E-state index contributed by atoms with van der Waals surface area (Å²) in [6.45, 7) is 2.44. The SMILES string of the molecule is COc1cc(S(=O)(=O)N2CCOCC2)ccc1NCC#Cc1cc2c(NC3CCC(C)(N(C)C)CC3)cccc2n1CC(F)(F)F. The van der Waals surface area contributed by atoms with Gasteiger partial charge in [0.2, 0.25) is 10.0 Å². The monoisotopic (exact) mass is 661 g/mol. The summed E-state index contributed by atoms with van der Waals surface area (Å²) in [5.41, 5.74) is 2.18. The Morgan fingerprint density at radius 3 is 2.46 bits per heavy atom. The predicted molar refractivity (Wildman–Crippen MR) is 174 cm³/mol. The first-order chi connectivity index (χ1) is 21.8. The largest absolute Gasteiger partial charge is 0.495 e. The average Bonchev–Trinajstić information content (AvgIpc) is 3.37. The van der Waals surface area contributed by atoms with Crippen LogP contribution in [0.3, 0.4) is 0 Å². The molecule has 0 amide bonds. The summed E-state index contributed by atoms with van der Waals surface area (Å²) < 4.78 is 80.5. The fourth-order valence-corrected chi connectivity index (χ4v) is 7.53. The minimum absolute atomic E-state index is 0.0945. The topological polar surface area (TPSA) is 88.1 Å². The lowest BCUT2D eigenvalue weighted by molar-refractivity contribution is -0.140. The van der Waals surface area contributed by atoms with Crippen LogP contribution in [0.1, 0.15) is 38.3 Å². The normalized spacial score (nSPS) is 21.2. The quantitative estimate of drug-likeness (QED) is 0.298. The number of hydrogen-bond acceptors (Lipinski definition) is 7. The molecule has 9 nitrogen and oxygen atoms in total. The summed E-state index contributed by atoms with van der Waals surface area (Å²) in [7, 11) is 1.93. The lowest BCUT2D eigenvalue weighted by atomic mass is 9.80. The van der Waals surface area contributed by atoms with E-state index in [4.69, 9.17) is 9.47 Å². The van der Waals surface area contributed by atoms with E-state index in [1.165, 1.54) is 28.1 Å². The molecule has 5 rings (SSSR count). The molecule has 46 heavy (non-hydrogen) atoms. The Morgan fingerprint density at radius 1 is 1.09 bits per heavy atom. The minimum atomic E-state index is -4.43. The van der Waals surface area contributed by atoms with E-state index in [0.29, 0.717) is 35.6 Å². The first kappa shape index (κ1) is 33.9. The van der Waals surface area contributed by atoms with E-state index in [2.05, 4.69) is 48.4 Å². The average molecular weight is 662 g/mol. The molecule has 250 valence electrons. The maximum Gasteiger partial charge on any atom is 0.406 e. The molecule has 1 saturated heterocycles. The summed E-state index contributed by atoms with van der Waals surface area (Å²) in [4.78, 5) is 2.37. The molecule has 13 heteroatoms. The van der Waals surface area contributed by atoms with Gasteiger partial charge in [-0.25, -0.2) is 8.42 Å². The Kier molecular flexibility index (Phi) is 10.1. The Balaban J connectivity index is 1.34. The Hall–Kier alpha value is -3.44. The molecule has 0 atom stereocenters. The number of sulfonamides is 1. The Morgan fingerprint density at radius 2 is 1.80 bits per heavy atom. The standard InChI is InChI=1S/C33H42F3N5O4S/c1-32(39(2)3)14-12-24(13-15-32)38-28-8-5-9-30-27(28)21-25(41(30)23-33(34,35)36)7-6-16-37-29-11-10-26(22-31(29)44-4)46(42,43)40-17-19-45-20-18-40/h5,8-11,21-22,24,37-38H,12-20,23H2,1-4H3. The molecule has 1 aliphatic heterocycles. The maximum absolute atomic E-state index is 13.7. The van der Waals surface area contributed by atoms with Crippen molar-refractivity contribution in [3.63, 3.8) is 0 Å². The second-order valence-electron chi connectivity index (χ2n) is 12.3. The van der Waals surface area contributed by atoms with Gasteiger partial charge in [-0.2, -0.15) is 17.5 Å². The van der Waals surface area contributed by atoms with Gasteiger partial charge in [0.05, 0.1) is 48.7 Å². The van der Waals surface area contributed by atoms with Gasteiger partial charge in [-0.1, -0.05) is 12.0 Å². The van der Waals surface area contributed by atoms with Crippen molar-refractivity contribution in [1.82, 2.24) is 13.8 Å². The van der Waals surface area contributed by atoms with Gasteiger partial charge in [-0.3, -0.25) is 0 Å². The molecule has 2 heterocycles. The van der Waals surface area contributed by atoms with Gasteiger partial charge in [-0.05, 0) is 83.0 Å². The zero-order valence-electron chi connectivity index (χ0n) is 26.7. The number of hydrogen-bond donors (Lipinski definition) is 2. The van der Waals surface area contributed by atoms with E-state index in [0.717, 1.165) is 31.4 Å². The fourth-order valence-electron chi connectivity index (χ4n) is 6.10. The summed E-state index contributed by atoms with van der Waals surface area (Å²) in [6, 6.07) is 11.9. The summed E-state index contributed by atoms with van der Waals surface area (Å²) in [5.74, 6) is 6.17. The number of aromatic nitrogens is 1. The number of methoxy groups -OCH3 is 1. The molecule has 0 unspecified atom stereocenters. The highest BCUT2D eigenvalue weighted by atomic mass is 32.2. The first-order valence-electron chi connectivity index (χ1n) is 15.4. The Bertz CT molecular complexity index is 1700. The lowest BCUT2D eigenvalue weighted by Crippen LogP contribution is -2.46. The molecule has 2 aromatic carbocycles. The molecule has 0 bridgehead atoms. The number of fused-ring (bicyclic) bond motifs is 1. The van der Waals surface area contributed by atoms with Gasteiger partial charge in [0.25, 0.3) is 0 Å². The second kappa shape index (κ2) is 13.7. The van der Waals surface area contributed by atoms with Gasteiger partial charge in [0.1, 0.15) is 12.3 Å². The van der Waals surface area contributed by atoms with Crippen LogP contribution in [-0.2, 0) is 21.3 Å². The molecule has 3 aromatic rings.